The van der Waals surface area contributed by atoms with Gasteiger partial charge in [0.05, 0.1) is 27.9 Å². The number of hydrogen-bond acceptors (Lipinski definition) is 7. The van der Waals surface area contributed by atoms with Gasteiger partial charge in [0.15, 0.2) is 0 Å². The van der Waals surface area contributed by atoms with Crippen molar-refractivity contribution in [1.82, 2.24) is 5.32 Å². The van der Waals surface area contributed by atoms with Crippen molar-refractivity contribution in [1.29, 1.82) is 0 Å². The van der Waals surface area contributed by atoms with Gasteiger partial charge in [0.2, 0.25) is 5.91 Å². The molecule has 156 valence electrons. The third kappa shape index (κ3) is 16.5. The van der Waals surface area contributed by atoms with Crippen molar-refractivity contribution in [2.24, 2.45) is 11.3 Å². The second-order valence-corrected chi connectivity index (χ2v) is 8.89. The Morgan fingerprint density at radius 1 is 1.19 bits per heavy atom. The molecule has 0 aliphatic heterocycles. The molecule has 0 radical (unpaired) electrons. The quantitative estimate of drug-likeness (QED) is 0.262. The molecule has 1 unspecified atom stereocenters. The van der Waals surface area contributed by atoms with E-state index in [0.717, 1.165) is 6.42 Å². The number of aliphatic hydroxyl groups excluding tert-OH is 1. The van der Waals surface area contributed by atoms with E-state index < -0.39 is 26.8 Å². The van der Waals surface area contributed by atoms with Crippen LogP contribution in [0.2, 0.25) is 0 Å². The predicted octanol–water partition coefficient (Wildman–Crippen LogP) is -1.57. The van der Waals surface area contributed by atoms with Crippen LogP contribution in [0, 0.1) is 11.3 Å². The van der Waals surface area contributed by atoms with E-state index in [9.17, 15) is 22.6 Å². The molecule has 10 heteroatoms. The third-order valence-corrected chi connectivity index (χ3v) is 4.90. The second kappa shape index (κ2) is 13.9. The van der Waals surface area contributed by atoms with Gasteiger partial charge in [0.1, 0.15) is 6.61 Å². The summed E-state index contributed by atoms with van der Waals surface area (Å²) in [5, 5.41) is 10.9. The fourth-order valence-corrected chi connectivity index (χ4v) is 2.55. The Morgan fingerprint density at radius 2 is 1.67 bits per heavy atom. The van der Waals surface area contributed by atoms with Gasteiger partial charge in [-0.1, -0.05) is 20.8 Å². The summed E-state index contributed by atoms with van der Waals surface area (Å²) < 4.78 is 36.4. The zero-order valence-electron chi connectivity index (χ0n) is 17.9. The van der Waals surface area contributed by atoms with E-state index in [1.807, 2.05) is 27.7 Å². The first-order valence-electron chi connectivity index (χ1n) is 8.65. The largest absolute Gasteiger partial charge is 1.00 e. The molecule has 27 heavy (non-hydrogen) atoms. The van der Waals surface area contributed by atoms with Gasteiger partial charge in [-0.3, -0.25) is 9.59 Å². The third-order valence-electron chi connectivity index (χ3n) is 3.82. The number of amides is 1. The molecule has 8 nitrogen and oxygen atoms in total. The first-order valence-corrected chi connectivity index (χ1v) is 10.2. The summed E-state index contributed by atoms with van der Waals surface area (Å²) in [5.41, 5.74) is -1.43. The minimum Gasteiger partial charge on any atom is -0.748 e. The van der Waals surface area contributed by atoms with Crippen LogP contribution in [0.1, 0.15) is 61.3 Å². The molecule has 0 spiro atoms. The zero-order valence-corrected chi connectivity index (χ0v) is 20.7. The molecule has 0 aliphatic rings. The molecular weight excluding hydrogens is 385 g/mol. The molecule has 0 aliphatic carbocycles. The van der Waals surface area contributed by atoms with Gasteiger partial charge in [-0.25, -0.2) is 8.42 Å². The van der Waals surface area contributed by atoms with E-state index in [4.69, 9.17) is 9.84 Å². The van der Waals surface area contributed by atoms with Crippen LogP contribution in [-0.4, -0.2) is 54.5 Å². The summed E-state index contributed by atoms with van der Waals surface area (Å²) in [7, 11) is -4.32. The van der Waals surface area contributed by atoms with Crippen LogP contribution in [0.25, 0.3) is 0 Å². The number of esters is 1. The maximum atomic E-state index is 11.5. The monoisotopic (exact) mass is 419 g/mol. The van der Waals surface area contributed by atoms with Crippen LogP contribution < -0.4 is 34.9 Å². The maximum Gasteiger partial charge on any atom is 1.00 e. The van der Waals surface area contributed by atoms with Crippen LogP contribution in [0.5, 0.6) is 0 Å². The van der Waals surface area contributed by atoms with Gasteiger partial charge < -0.3 is 19.7 Å². The average molecular weight is 420 g/mol. The topological polar surface area (TPSA) is 133 Å². The number of rotatable bonds is 9. The summed E-state index contributed by atoms with van der Waals surface area (Å²) in [5.74, 6) is -1.25. The van der Waals surface area contributed by atoms with E-state index in [-0.39, 0.29) is 60.6 Å². The van der Waals surface area contributed by atoms with Crippen molar-refractivity contribution in [2.45, 2.75) is 66.8 Å². The van der Waals surface area contributed by atoms with Crippen LogP contribution in [0.3, 0.4) is 0 Å². The standard InChI is InChI=1S/C9H19NO4S.C8H16O3.Na/c1-5-7(2)8(11)10-9(3,4)6-15(12,13)14;1-4-8(2,3)7(10)11-6-5-9;/h7H,5-6H2,1-4H3,(H,10,11)(H,12,13,14);9H,4-6H2,1-3H3;/q;;+1/p-1. The van der Waals surface area contributed by atoms with Gasteiger partial charge in [-0.2, -0.15) is 0 Å². The Hall–Kier alpha value is -0.190. The molecule has 0 saturated heterocycles. The minimum atomic E-state index is -4.32. The Bertz CT molecular complexity index is 547. The molecule has 1 atom stereocenters. The molecule has 1 amide bonds. The Morgan fingerprint density at radius 3 is 2.00 bits per heavy atom. The average Bonchev–Trinajstić information content (AvgIpc) is 2.49. The summed E-state index contributed by atoms with van der Waals surface area (Å²) in [6.45, 7) is 12.2. The van der Waals surface area contributed by atoms with E-state index in [2.05, 4.69) is 5.32 Å². The Balaban J connectivity index is -0.000000430. The van der Waals surface area contributed by atoms with Gasteiger partial charge in [-0.05, 0) is 40.5 Å². The van der Waals surface area contributed by atoms with Gasteiger partial charge >= 0.3 is 35.5 Å². The smallest absolute Gasteiger partial charge is 0.748 e. The molecule has 0 saturated carbocycles. The van der Waals surface area contributed by atoms with Crippen molar-refractivity contribution in [3.8, 4) is 0 Å². The van der Waals surface area contributed by atoms with Gasteiger partial charge in [-0.15, -0.1) is 0 Å². The number of carbonyl (C=O) groups is 2. The maximum absolute atomic E-state index is 11.5. The van der Waals surface area contributed by atoms with Crippen LogP contribution in [0.15, 0.2) is 0 Å². The molecule has 0 fully saturated rings. The first kappa shape index (κ1) is 31.5. The molecule has 0 aromatic rings. The molecule has 0 rings (SSSR count). The number of ether oxygens (including phenoxy) is 1. The van der Waals surface area contributed by atoms with E-state index >= 15 is 0 Å². The summed E-state index contributed by atoms with van der Waals surface area (Å²) in [6.07, 6.45) is 1.42. The van der Waals surface area contributed by atoms with Gasteiger partial charge in [0, 0.05) is 11.5 Å². The predicted molar refractivity (Wildman–Crippen MR) is 98.4 cm³/mol. The van der Waals surface area contributed by atoms with E-state index in [0.29, 0.717) is 6.42 Å². The van der Waals surface area contributed by atoms with Crippen molar-refractivity contribution in [3.05, 3.63) is 0 Å². The molecular formula is C17H34NNaO7S. The number of aliphatic hydroxyl groups is 1. The second-order valence-electron chi connectivity index (χ2n) is 7.48. The molecule has 0 bridgehead atoms. The molecule has 0 aromatic heterocycles. The fourth-order valence-electron chi connectivity index (χ4n) is 1.60. The number of carbonyl (C=O) groups excluding carboxylic acids is 2. The normalized spacial score (nSPS) is 12.8. The molecule has 2 N–H and O–H groups in total. The summed E-state index contributed by atoms with van der Waals surface area (Å²) >= 11 is 0. The number of nitrogens with one attached hydrogen (secondary N) is 1. The fraction of sp³-hybridized carbons (Fsp3) is 0.882. The Labute approximate surface area is 185 Å². The van der Waals surface area contributed by atoms with Gasteiger partial charge in [0.25, 0.3) is 0 Å². The van der Waals surface area contributed by atoms with Crippen molar-refractivity contribution >= 4 is 22.0 Å². The summed E-state index contributed by atoms with van der Waals surface area (Å²) in [4.78, 5) is 22.6. The number of hydrogen-bond donors (Lipinski definition) is 2. The van der Waals surface area contributed by atoms with E-state index in [1.54, 1.807) is 6.92 Å². The first-order chi connectivity index (χ1) is 11.6. The van der Waals surface area contributed by atoms with Crippen LogP contribution >= 0.6 is 0 Å². The SMILES string of the molecule is CCC(C)(C)C(=O)OCCO.CCC(C)C(=O)NC(C)(C)CS(=O)(=O)[O-].[Na+]. The zero-order chi connectivity index (χ0) is 21.2. The minimum absolute atomic E-state index is 0. The van der Waals surface area contributed by atoms with Crippen molar-refractivity contribution in [2.75, 3.05) is 19.0 Å². The summed E-state index contributed by atoms with van der Waals surface area (Å²) in [6, 6.07) is 0. The molecule has 0 aromatic carbocycles. The van der Waals surface area contributed by atoms with Crippen molar-refractivity contribution < 1.29 is 62.0 Å². The van der Waals surface area contributed by atoms with Crippen LogP contribution in [0.4, 0.5) is 0 Å². The molecule has 0 heterocycles. The Kier molecular flexibility index (Phi) is 16.2. The van der Waals surface area contributed by atoms with E-state index in [1.165, 1.54) is 13.8 Å². The van der Waals surface area contributed by atoms with Crippen LogP contribution in [-0.2, 0) is 24.4 Å². The van der Waals surface area contributed by atoms with Crippen molar-refractivity contribution in [3.63, 3.8) is 0 Å².